The summed E-state index contributed by atoms with van der Waals surface area (Å²) in [4.78, 5) is 21.4. The molecule has 44 heavy (non-hydrogen) atoms. The van der Waals surface area contributed by atoms with Crippen molar-refractivity contribution in [2.75, 3.05) is 11.9 Å². The largest absolute Gasteiger partial charge is 0.461 e. The minimum absolute atomic E-state index is 0.0869. The fourth-order valence-corrected chi connectivity index (χ4v) is 11.4. The highest BCUT2D eigenvalue weighted by molar-refractivity contribution is 9.09. The Morgan fingerprint density at radius 3 is 2.20 bits per heavy atom. The number of aliphatic hydroxyl groups excluding tert-OH is 1. The summed E-state index contributed by atoms with van der Waals surface area (Å²) in [7, 11) is 0. The van der Waals surface area contributed by atoms with Crippen LogP contribution in [0.3, 0.4) is 0 Å². The maximum absolute atomic E-state index is 11.1. The Morgan fingerprint density at radius 2 is 1.64 bits per heavy atom. The average molecular weight is 680 g/mol. The van der Waals surface area contributed by atoms with Gasteiger partial charge in [0.25, 0.3) is 0 Å². The Hall–Kier alpha value is -0.940. The summed E-state index contributed by atoms with van der Waals surface area (Å²) in [5.74, 6) is 5.07. The van der Waals surface area contributed by atoms with Crippen LogP contribution < -0.4 is 0 Å². The number of alkyl halides is 1. The Labute approximate surface area is 279 Å². The standard InChI is InChI=1S/C26H45BrO.C10H16O3.C3H6/c1-6-7-18-17(16-27)8-10-20-19(18)9-11-22-25(20,4)14-12-21-24(2,3)23(28)13-15-26(21,22)5;1-4-7-13-9(12)8-10(2,3)5-6-11;1-3-2/h17-23,28H,6-16H2,1-5H3;4,6H,1,5,7-8H2,2-3H3;3H,1H2,2H3. The molecule has 0 aromatic carbocycles. The fraction of sp³-hybridized carbons (Fsp3) is 0.846. The van der Waals surface area contributed by atoms with Crippen LogP contribution >= 0.6 is 15.9 Å². The third kappa shape index (κ3) is 8.69. The maximum Gasteiger partial charge on any atom is 0.306 e. The number of rotatable bonds is 9. The number of fused-ring (bicyclic) bond motifs is 5. The number of aldehydes is 1. The van der Waals surface area contributed by atoms with Crippen molar-refractivity contribution in [2.24, 2.45) is 57.2 Å². The molecule has 0 aromatic rings. The highest BCUT2D eigenvalue weighted by atomic mass is 79.9. The zero-order chi connectivity index (χ0) is 33.3. The molecule has 9 atom stereocenters. The first-order valence-electron chi connectivity index (χ1n) is 17.6. The summed E-state index contributed by atoms with van der Waals surface area (Å²) in [6.07, 6.45) is 18.3. The van der Waals surface area contributed by atoms with Crippen molar-refractivity contribution >= 4 is 28.2 Å². The third-order valence-electron chi connectivity index (χ3n) is 12.7. The number of esters is 1. The second-order valence-corrected chi connectivity index (χ2v) is 17.1. The van der Waals surface area contributed by atoms with E-state index in [0.717, 1.165) is 42.3 Å². The van der Waals surface area contributed by atoms with E-state index in [2.05, 4.69) is 63.7 Å². The predicted octanol–water partition coefficient (Wildman–Crippen LogP) is 10.4. The van der Waals surface area contributed by atoms with Crippen molar-refractivity contribution < 1.29 is 19.4 Å². The number of ether oxygens (including phenoxy) is 1. The van der Waals surface area contributed by atoms with E-state index in [1.807, 2.05) is 20.8 Å². The first-order chi connectivity index (χ1) is 20.6. The smallest absolute Gasteiger partial charge is 0.306 e. The number of aliphatic hydroxyl groups is 1. The molecular weight excluding hydrogens is 612 g/mol. The molecular formula is C39H67BrO4. The molecule has 9 unspecified atom stereocenters. The zero-order valence-corrected chi connectivity index (χ0v) is 31.2. The van der Waals surface area contributed by atoms with Gasteiger partial charge in [-0.3, -0.25) is 4.79 Å². The molecule has 4 nitrogen and oxygen atoms in total. The highest BCUT2D eigenvalue weighted by Gasteiger charge is 2.64. The van der Waals surface area contributed by atoms with Crippen LogP contribution in [0.5, 0.6) is 0 Å². The predicted molar refractivity (Wildman–Crippen MR) is 189 cm³/mol. The van der Waals surface area contributed by atoms with Crippen LogP contribution in [0.15, 0.2) is 25.3 Å². The third-order valence-corrected chi connectivity index (χ3v) is 13.5. The molecule has 0 radical (unpaired) electrons. The van der Waals surface area contributed by atoms with Gasteiger partial charge in [-0.1, -0.05) is 96.0 Å². The molecule has 0 aromatic heterocycles. The maximum atomic E-state index is 11.1. The summed E-state index contributed by atoms with van der Waals surface area (Å²) in [6.45, 7) is 25.1. The number of carbonyl (C=O) groups is 2. The molecule has 0 amide bonds. The van der Waals surface area contributed by atoms with Crippen LogP contribution in [-0.4, -0.2) is 35.4 Å². The van der Waals surface area contributed by atoms with Gasteiger partial charge in [-0.15, -0.1) is 6.58 Å². The number of allylic oxidation sites excluding steroid dienone is 1. The van der Waals surface area contributed by atoms with Gasteiger partial charge in [-0.2, -0.15) is 0 Å². The van der Waals surface area contributed by atoms with Gasteiger partial charge in [-0.25, -0.2) is 0 Å². The van der Waals surface area contributed by atoms with E-state index in [1.165, 1.54) is 69.2 Å². The molecule has 254 valence electrons. The lowest BCUT2D eigenvalue weighted by atomic mass is 9.36. The first-order valence-corrected chi connectivity index (χ1v) is 18.8. The SMILES string of the molecule is C=CC.C=CCOC(=O)CC(C)(C)CC=O.CCCC1C(CBr)CCC2C1CCC1C2(C)CCC2C(C)(C)C(O)CCC21C. The molecule has 4 fully saturated rings. The van der Waals surface area contributed by atoms with Crippen molar-refractivity contribution in [2.45, 2.75) is 139 Å². The quantitative estimate of drug-likeness (QED) is 0.114. The molecule has 4 aliphatic rings. The van der Waals surface area contributed by atoms with Gasteiger partial charge in [0.05, 0.1) is 12.5 Å². The van der Waals surface area contributed by atoms with Crippen molar-refractivity contribution in [1.29, 1.82) is 0 Å². The Bertz CT molecular complexity index is 942. The van der Waals surface area contributed by atoms with Crippen LogP contribution in [0.4, 0.5) is 0 Å². The molecule has 0 heterocycles. The van der Waals surface area contributed by atoms with Crippen LogP contribution in [-0.2, 0) is 14.3 Å². The van der Waals surface area contributed by atoms with Crippen molar-refractivity contribution in [3.8, 4) is 0 Å². The summed E-state index contributed by atoms with van der Waals surface area (Å²) in [5.41, 5.74) is 0.757. The van der Waals surface area contributed by atoms with Crippen molar-refractivity contribution in [3.63, 3.8) is 0 Å². The van der Waals surface area contributed by atoms with Crippen LogP contribution in [0, 0.1) is 57.2 Å². The normalized spacial score (nSPS) is 37.2. The van der Waals surface area contributed by atoms with E-state index in [-0.39, 0.29) is 35.9 Å². The molecule has 0 aliphatic heterocycles. The van der Waals surface area contributed by atoms with Gasteiger partial charge in [0, 0.05) is 11.8 Å². The summed E-state index contributed by atoms with van der Waals surface area (Å²) in [6, 6.07) is 0. The zero-order valence-electron chi connectivity index (χ0n) is 29.6. The summed E-state index contributed by atoms with van der Waals surface area (Å²) in [5, 5.41) is 12.0. The van der Waals surface area contributed by atoms with E-state index >= 15 is 0 Å². The molecule has 0 spiro atoms. The molecule has 4 saturated carbocycles. The second kappa shape index (κ2) is 16.8. The number of hydrogen-bond acceptors (Lipinski definition) is 4. The molecule has 5 heteroatoms. The average Bonchev–Trinajstić information content (AvgIpc) is 2.95. The number of carbonyl (C=O) groups excluding carboxylic acids is 2. The Kier molecular flexibility index (Phi) is 14.9. The van der Waals surface area contributed by atoms with E-state index in [4.69, 9.17) is 4.74 Å². The molecule has 0 saturated heterocycles. The highest BCUT2D eigenvalue weighted by Crippen LogP contribution is 2.71. The van der Waals surface area contributed by atoms with Crippen LogP contribution in [0.1, 0.15) is 132 Å². The fourth-order valence-electron chi connectivity index (χ4n) is 10.6. The topological polar surface area (TPSA) is 63.6 Å². The van der Waals surface area contributed by atoms with Gasteiger partial charge >= 0.3 is 5.97 Å². The molecule has 4 aliphatic carbocycles. The first kappa shape index (κ1) is 39.2. The van der Waals surface area contributed by atoms with Crippen molar-refractivity contribution in [3.05, 3.63) is 25.3 Å². The lowest BCUT2D eigenvalue weighted by Crippen LogP contribution is -2.62. The van der Waals surface area contributed by atoms with E-state index in [9.17, 15) is 14.7 Å². The number of halogens is 1. The second-order valence-electron chi connectivity index (χ2n) is 16.4. The van der Waals surface area contributed by atoms with Crippen LogP contribution in [0.2, 0.25) is 0 Å². The molecule has 0 bridgehead atoms. The minimum Gasteiger partial charge on any atom is -0.461 e. The lowest BCUT2D eigenvalue weighted by Gasteiger charge is -2.68. The number of hydrogen-bond donors (Lipinski definition) is 1. The Morgan fingerprint density at radius 1 is 1.00 bits per heavy atom. The molecule has 1 N–H and O–H groups in total. The van der Waals surface area contributed by atoms with E-state index < -0.39 is 0 Å². The summed E-state index contributed by atoms with van der Waals surface area (Å²) < 4.78 is 4.80. The van der Waals surface area contributed by atoms with E-state index in [0.29, 0.717) is 23.2 Å². The van der Waals surface area contributed by atoms with E-state index in [1.54, 1.807) is 6.08 Å². The molecule has 4 rings (SSSR count). The Balaban J connectivity index is 0.000000356. The minimum atomic E-state index is -0.306. The van der Waals surface area contributed by atoms with Gasteiger partial charge < -0.3 is 14.6 Å². The monoisotopic (exact) mass is 678 g/mol. The van der Waals surface area contributed by atoms with Crippen molar-refractivity contribution in [1.82, 2.24) is 0 Å². The van der Waals surface area contributed by atoms with Crippen LogP contribution in [0.25, 0.3) is 0 Å². The van der Waals surface area contributed by atoms with Gasteiger partial charge in [0.2, 0.25) is 0 Å². The lowest BCUT2D eigenvalue weighted by molar-refractivity contribution is -0.211. The summed E-state index contributed by atoms with van der Waals surface area (Å²) >= 11 is 3.87. The van der Waals surface area contributed by atoms with Gasteiger partial charge in [-0.05, 0) is 115 Å². The van der Waals surface area contributed by atoms with Gasteiger partial charge in [0.15, 0.2) is 0 Å². The van der Waals surface area contributed by atoms with Gasteiger partial charge in [0.1, 0.15) is 12.9 Å².